The molecule has 3 atom stereocenters. The minimum Gasteiger partial charge on any atom is -0.481 e. The predicted molar refractivity (Wildman–Crippen MR) is 74.3 cm³/mol. The molecule has 1 saturated carbocycles. The van der Waals surface area contributed by atoms with Crippen molar-refractivity contribution in [2.24, 2.45) is 17.8 Å². The van der Waals surface area contributed by atoms with Crippen LogP contribution in [-0.4, -0.2) is 48.2 Å². The van der Waals surface area contributed by atoms with Crippen molar-refractivity contribution in [2.75, 3.05) is 26.3 Å². The molecule has 1 unspecified atom stereocenters. The van der Waals surface area contributed by atoms with Crippen LogP contribution in [0.15, 0.2) is 0 Å². The van der Waals surface area contributed by atoms with Crippen LogP contribution >= 0.6 is 0 Å². The number of carboxylic acid groups (broad SMARTS) is 1. The first kappa shape index (κ1) is 15.3. The summed E-state index contributed by atoms with van der Waals surface area (Å²) in [6, 6.07) is 0. The van der Waals surface area contributed by atoms with Gasteiger partial charge in [0.1, 0.15) is 0 Å². The average molecular weight is 283 g/mol. The maximum absolute atomic E-state index is 12.5. The minimum atomic E-state index is -0.756. The molecule has 0 spiro atoms. The van der Waals surface area contributed by atoms with E-state index in [1.807, 2.05) is 11.8 Å². The van der Waals surface area contributed by atoms with E-state index in [1.165, 1.54) is 0 Å². The summed E-state index contributed by atoms with van der Waals surface area (Å²) in [6.45, 7) is 5.01. The highest BCUT2D eigenvalue weighted by Crippen LogP contribution is 2.33. The zero-order valence-corrected chi connectivity index (χ0v) is 12.2. The summed E-state index contributed by atoms with van der Waals surface area (Å²) in [5.74, 6) is -0.567. The molecular weight excluding hydrogens is 258 g/mol. The Morgan fingerprint density at radius 3 is 2.65 bits per heavy atom. The molecule has 1 N–H and O–H groups in total. The highest BCUT2D eigenvalue weighted by molar-refractivity contribution is 5.81. The molecule has 1 saturated heterocycles. The van der Waals surface area contributed by atoms with E-state index in [2.05, 4.69) is 0 Å². The summed E-state index contributed by atoms with van der Waals surface area (Å²) < 4.78 is 5.46. The molecule has 5 nitrogen and oxygen atoms in total. The van der Waals surface area contributed by atoms with Crippen molar-refractivity contribution in [3.05, 3.63) is 0 Å². The van der Waals surface area contributed by atoms with Crippen LogP contribution in [0.2, 0.25) is 0 Å². The maximum atomic E-state index is 12.5. The van der Waals surface area contributed by atoms with Crippen molar-refractivity contribution in [1.82, 2.24) is 4.90 Å². The Morgan fingerprint density at radius 1 is 1.25 bits per heavy atom. The fourth-order valence-electron chi connectivity index (χ4n) is 3.37. The van der Waals surface area contributed by atoms with E-state index in [-0.39, 0.29) is 17.7 Å². The Kier molecular flexibility index (Phi) is 5.40. The maximum Gasteiger partial charge on any atom is 0.306 e. The molecule has 0 aromatic rings. The first-order valence-corrected chi connectivity index (χ1v) is 7.71. The van der Waals surface area contributed by atoms with Crippen molar-refractivity contribution in [2.45, 2.75) is 39.0 Å². The molecule has 1 aliphatic heterocycles. The predicted octanol–water partition coefficient (Wildman–Crippen LogP) is 1.76. The standard InChI is InChI=1S/C15H25NO4/c1-2-20-10-11-4-3-7-16(9-11)14(17)12-5-6-13(8-12)15(18)19/h11-13H,2-10H2,1H3,(H,18,19)/t11?,12-,13+/m1/s1. The van der Waals surface area contributed by atoms with Crippen LogP contribution in [0.5, 0.6) is 0 Å². The van der Waals surface area contributed by atoms with E-state index in [0.717, 1.165) is 39.0 Å². The average Bonchev–Trinajstić information content (AvgIpc) is 2.94. The van der Waals surface area contributed by atoms with Gasteiger partial charge in [-0.1, -0.05) is 0 Å². The largest absolute Gasteiger partial charge is 0.481 e. The zero-order valence-electron chi connectivity index (χ0n) is 12.2. The number of rotatable bonds is 5. The van der Waals surface area contributed by atoms with E-state index in [1.54, 1.807) is 0 Å². The Morgan fingerprint density at radius 2 is 2.00 bits per heavy atom. The number of carbonyl (C=O) groups is 2. The van der Waals surface area contributed by atoms with E-state index in [0.29, 0.717) is 25.4 Å². The Labute approximate surface area is 120 Å². The lowest BCUT2D eigenvalue weighted by atomic mass is 9.96. The van der Waals surface area contributed by atoms with Crippen molar-refractivity contribution in [1.29, 1.82) is 0 Å². The molecular formula is C15H25NO4. The topological polar surface area (TPSA) is 66.8 Å². The van der Waals surface area contributed by atoms with Gasteiger partial charge in [0.05, 0.1) is 12.5 Å². The Hall–Kier alpha value is -1.10. The van der Waals surface area contributed by atoms with Crippen LogP contribution in [0, 0.1) is 17.8 Å². The van der Waals surface area contributed by atoms with Crippen molar-refractivity contribution < 1.29 is 19.4 Å². The summed E-state index contributed by atoms with van der Waals surface area (Å²) in [4.78, 5) is 25.4. The number of aliphatic carboxylic acids is 1. The van der Waals surface area contributed by atoms with Gasteiger partial charge in [0.2, 0.25) is 5.91 Å². The number of hydrogen-bond donors (Lipinski definition) is 1. The first-order valence-electron chi connectivity index (χ1n) is 7.71. The number of hydrogen-bond acceptors (Lipinski definition) is 3. The SMILES string of the molecule is CCOCC1CCCN(C(=O)[C@@H]2CC[C@H](C(=O)O)C2)C1. The normalized spacial score (nSPS) is 30.4. The van der Waals surface area contributed by atoms with Gasteiger partial charge in [0.25, 0.3) is 0 Å². The van der Waals surface area contributed by atoms with Gasteiger partial charge in [-0.3, -0.25) is 9.59 Å². The van der Waals surface area contributed by atoms with E-state index in [9.17, 15) is 9.59 Å². The van der Waals surface area contributed by atoms with Gasteiger partial charge in [0.15, 0.2) is 0 Å². The summed E-state index contributed by atoms with van der Waals surface area (Å²) in [7, 11) is 0. The molecule has 1 amide bonds. The molecule has 2 rings (SSSR count). The second-order valence-corrected chi connectivity index (χ2v) is 6.00. The smallest absolute Gasteiger partial charge is 0.306 e. The van der Waals surface area contributed by atoms with Gasteiger partial charge in [-0.15, -0.1) is 0 Å². The molecule has 5 heteroatoms. The number of amides is 1. The summed E-state index contributed by atoms with van der Waals surface area (Å²) in [5, 5.41) is 9.02. The van der Waals surface area contributed by atoms with Gasteiger partial charge < -0.3 is 14.7 Å². The van der Waals surface area contributed by atoms with Crippen LogP contribution in [0.1, 0.15) is 39.0 Å². The number of carboxylic acids is 1. The van der Waals surface area contributed by atoms with E-state index >= 15 is 0 Å². The number of likely N-dealkylation sites (tertiary alicyclic amines) is 1. The second kappa shape index (κ2) is 7.07. The number of piperidine rings is 1. The molecule has 2 fully saturated rings. The Balaban J connectivity index is 1.84. The van der Waals surface area contributed by atoms with Gasteiger partial charge in [-0.05, 0) is 44.9 Å². The fourth-order valence-corrected chi connectivity index (χ4v) is 3.37. The lowest BCUT2D eigenvalue weighted by Crippen LogP contribution is -2.43. The highest BCUT2D eigenvalue weighted by Gasteiger charge is 2.37. The number of carbonyl (C=O) groups excluding carboxylic acids is 1. The summed E-state index contributed by atoms with van der Waals surface area (Å²) >= 11 is 0. The van der Waals surface area contributed by atoms with Crippen LogP contribution in [0.25, 0.3) is 0 Å². The van der Waals surface area contributed by atoms with Gasteiger partial charge in [-0.25, -0.2) is 0 Å². The summed E-state index contributed by atoms with van der Waals surface area (Å²) in [6.07, 6.45) is 4.02. The second-order valence-electron chi connectivity index (χ2n) is 6.00. The molecule has 0 bridgehead atoms. The van der Waals surface area contributed by atoms with Crippen molar-refractivity contribution >= 4 is 11.9 Å². The minimum absolute atomic E-state index is 0.0815. The number of nitrogens with zero attached hydrogens (tertiary/aromatic N) is 1. The fraction of sp³-hybridized carbons (Fsp3) is 0.867. The van der Waals surface area contributed by atoms with Crippen LogP contribution < -0.4 is 0 Å². The van der Waals surface area contributed by atoms with Crippen molar-refractivity contribution in [3.8, 4) is 0 Å². The molecule has 114 valence electrons. The molecule has 1 heterocycles. The molecule has 20 heavy (non-hydrogen) atoms. The lowest BCUT2D eigenvalue weighted by Gasteiger charge is -2.34. The molecule has 0 radical (unpaired) electrons. The van der Waals surface area contributed by atoms with Gasteiger partial charge >= 0.3 is 5.97 Å². The van der Waals surface area contributed by atoms with Crippen LogP contribution in [0.4, 0.5) is 0 Å². The quantitative estimate of drug-likeness (QED) is 0.835. The molecule has 0 aromatic carbocycles. The van der Waals surface area contributed by atoms with E-state index in [4.69, 9.17) is 9.84 Å². The van der Waals surface area contributed by atoms with E-state index < -0.39 is 5.97 Å². The summed E-state index contributed by atoms with van der Waals surface area (Å²) in [5.41, 5.74) is 0. The first-order chi connectivity index (χ1) is 9.61. The van der Waals surface area contributed by atoms with Crippen LogP contribution in [0.3, 0.4) is 0 Å². The third-order valence-electron chi connectivity index (χ3n) is 4.52. The molecule has 2 aliphatic rings. The number of ether oxygens (including phenoxy) is 1. The van der Waals surface area contributed by atoms with Crippen molar-refractivity contribution in [3.63, 3.8) is 0 Å². The third-order valence-corrected chi connectivity index (χ3v) is 4.52. The molecule has 0 aromatic heterocycles. The Bertz CT molecular complexity index is 358. The third kappa shape index (κ3) is 3.72. The molecule has 1 aliphatic carbocycles. The highest BCUT2D eigenvalue weighted by atomic mass is 16.5. The van der Waals surface area contributed by atoms with Crippen LogP contribution in [-0.2, 0) is 14.3 Å². The van der Waals surface area contributed by atoms with Gasteiger partial charge in [0, 0.05) is 25.6 Å². The zero-order chi connectivity index (χ0) is 14.5. The van der Waals surface area contributed by atoms with Gasteiger partial charge in [-0.2, -0.15) is 0 Å². The lowest BCUT2D eigenvalue weighted by molar-refractivity contribution is -0.142. The monoisotopic (exact) mass is 283 g/mol.